The van der Waals surface area contributed by atoms with E-state index < -0.39 is 17.8 Å². The molecule has 0 unspecified atom stereocenters. The van der Waals surface area contributed by atoms with E-state index in [4.69, 9.17) is 9.47 Å². The van der Waals surface area contributed by atoms with E-state index in [1.807, 2.05) is 0 Å². The predicted octanol–water partition coefficient (Wildman–Crippen LogP) is 37.4. The van der Waals surface area contributed by atoms with Gasteiger partial charge in [-0.1, -0.05) is 360 Å². The summed E-state index contributed by atoms with van der Waals surface area (Å²) in [6.07, 6.45) is 86.9. The van der Waals surface area contributed by atoms with Crippen LogP contribution in [0, 0.1) is 119 Å². The number of carbonyl (C=O) groups excluding carboxylic acids is 2. The van der Waals surface area contributed by atoms with Crippen molar-refractivity contribution in [3.63, 3.8) is 0 Å². The molecule has 0 heterocycles. The number of esters is 2. The lowest BCUT2D eigenvalue weighted by molar-refractivity contribution is -0.131. The molecule has 0 N–H and O–H groups in total. The Morgan fingerprint density at radius 2 is 0.576 bits per heavy atom. The molecule has 702 valence electrons. The van der Waals surface area contributed by atoms with Crippen molar-refractivity contribution in [3.05, 3.63) is 143 Å². The maximum Gasteiger partial charge on any atom is 0.338 e. The molecule has 4 aromatic rings. The molecule has 4 aromatic carbocycles. The van der Waals surface area contributed by atoms with Crippen molar-refractivity contribution >= 4 is 11.9 Å². The van der Waals surface area contributed by atoms with E-state index in [0.29, 0.717) is 22.4 Å². The van der Waals surface area contributed by atoms with E-state index in [-0.39, 0.29) is 11.3 Å². The summed E-state index contributed by atoms with van der Waals surface area (Å²) >= 11 is 0. The Kier molecular flexibility index (Phi) is 48.4. The van der Waals surface area contributed by atoms with E-state index >= 15 is 0 Å². The molecular formula is C120H191FO4. The molecule has 0 saturated heterocycles. The van der Waals surface area contributed by atoms with Gasteiger partial charge < -0.3 is 9.47 Å². The molecule has 0 aliphatic heterocycles. The monoisotopic (exact) mass is 1720 g/mol. The van der Waals surface area contributed by atoms with Crippen LogP contribution in [0.15, 0.2) is 115 Å². The molecule has 10 fully saturated rings. The number of aryl methyl sites for hydroxylation is 2. The van der Waals surface area contributed by atoms with Gasteiger partial charge in [0, 0.05) is 11.1 Å². The number of ether oxygens (including phenoxy) is 2. The summed E-state index contributed by atoms with van der Waals surface area (Å²) in [5.41, 5.74) is 7.89. The van der Waals surface area contributed by atoms with Crippen LogP contribution in [0.2, 0.25) is 0 Å². The number of unbranched alkanes of at least 4 members (excludes halogenated alkanes) is 1. The zero-order chi connectivity index (χ0) is 89.1. The Morgan fingerprint density at radius 1 is 0.304 bits per heavy atom. The van der Waals surface area contributed by atoms with Gasteiger partial charge in [0.1, 0.15) is 5.75 Å². The first-order valence-corrected chi connectivity index (χ1v) is 54.6. The Balaban J connectivity index is 0.000000171. The van der Waals surface area contributed by atoms with E-state index in [0.717, 1.165) is 118 Å². The standard InChI is InChI=1S/C24H38.C22H34.C20H17FO4.C19H36.C18H34.C17H32/c1-3-5-19-7-11-21(12-8-19)23-15-17-24(18-16-23)22-13-9-20(6-4-2)10-14-22;1-3-4-18-7-11-20(12-8-18)22-15-13-21(14-16-22)19-9-5-17(2)6-10-19;1-12(2)19(22)24-16-8-5-14(6-9-16)15-7-10-18(17(21)11-15)25-20(23)13(3)4;1-3-5-7-17-10-14-19(15-11-17)18-12-8-16(6-4-2)9-13-18;1-3-5-15-7-11-17(12-8-15)18-13-9-16(6-4-2)10-14-18;1-3-5-15-8-12-17(13-9-15)16-10-6-14(4-2)7-11-16/h7-8,11-12,20,22-24H,3-6,9-10,13-18H2,1-2H3;5-6,9-10,18,20-22H,3-4,7-8,11-16H2,1-2H3;5-11H,1,3H2,2,4H3;16-19H,3-15H2,1-2H3;15-18H,3-14H2,1-2H3;14-17H,3-13H2,1-2H3. The van der Waals surface area contributed by atoms with Gasteiger partial charge in [0.05, 0.1) is 0 Å². The van der Waals surface area contributed by atoms with Crippen LogP contribution in [0.3, 0.4) is 0 Å². The fraction of sp³-hybridized carbons (Fsp3) is 0.750. The summed E-state index contributed by atoms with van der Waals surface area (Å²) in [7, 11) is 0. The molecule has 10 aliphatic rings. The first kappa shape index (κ1) is 104. The van der Waals surface area contributed by atoms with Gasteiger partial charge in [0.25, 0.3) is 0 Å². The Hall–Kier alpha value is -4.77. The molecule has 0 amide bonds. The number of hydrogen-bond donors (Lipinski definition) is 0. The quantitative estimate of drug-likeness (QED) is 0.0297. The molecule has 0 aromatic heterocycles. The zero-order valence-corrected chi connectivity index (χ0v) is 83.1. The maximum atomic E-state index is 14.1. The van der Waals surface area contributed by atoms with Crippen LogP contribution in [-0.4, -0.2) is 11.9 Å². The minimum absolute atomic E-state index is 0.163. The third-order valence-corrected chi connectivity index (χ3v) is 34.5. The molecule has 0 radical (unpaired) electrons. The second kappa shape index (κ2) is 58.2. The lowest BCUT2D eigenvalue weighted by Gasteiger charge is -2.38. The molecule has 0 atom stereocenters. The largest absolute Gasteiger partial charge is 0.423 e. The maximum absolute atomic E-state index is 14.1. The summed E-state index contributed by atoms with van der Waals surface area (Å²) in [6.45, 7) is 33.3. The molecule has 14 rings (SSSR count). The van der Waals surface area contributed by atoms with Gasteiger partial charge in [0.15, 0.2) is 11.6 Å². The minimum atomic E-state index is -0.685. The molecule has 0 bridgehead atoms. The molecule has 0 spiro atoms. The van der Waals surface area contributed by atoms with E-state index in [2.05, 4.69) is 131 Å². The fourth-order valence-electron chi connectivity index (χ4n) is 26.4. The van der Waals surface area contributed by atoms with Crippen LogP contribution in [0.4, 0.5) is 4.39 Å². The third kappa shape index (κ3) is 36.0. The van der Waals surface area contributed by atoms with Crippen LogP contribution in [-0.2, 0) is 16.0 Å². The van der Waals surface area contributed by atoms with Crippen LogP contribution in [0.25, 0.3) is 11.1 Å². The Morgan fingerprint density at radius 3 is 0.848 bits per heavy atom. The minimum Gasteiger partial charge on any atom is -0.423 e. The van der Waals surface area contributed by atoms with Gasteiger partial charge in [-0.3, -0.25) is 0 Å². The normalized spacial score (nSPS) is 30.0. The van der Waals surface area contributed by atoms with Crippen molar-refractivity contribution in [1.82, 2.24) is 0 Å². The molecule has 10 saturated carbocycles. The highest BCUT2D eigenvalue weighted by atomic mass is 19.1. The van der Waals surface area contributed by atoms with Gasteiger partial charge in [-0.15, -0.1) is 0 Å². The smallest absolute Gasteiger partial charge is 0.338 e. The van der Waals surface area contributed by atoms with Gasteiger partial charge in [0.2, 0.25) is 0 Å². The van der Waals surface area contributed by atoms with E-state index in [9.17, 15) is 14.0 Å². The van der Waals surface area contributed by atoms with Crippen molar-refractivity contribution in [2.45, 2.75) is 467 Å². The molecule has 5 heteroatoms. The Bertz CT molecular complexity index is 3480. The highest BCUT2D eigenvalue weighted by Gasteiger charge is 2.37. The van der Waals surface area contributed by atoms with Gasteiger partial charge in [-0.05, 0) is 352 Å². The van der Waals surface area contributed by atoms with Crippen LogP contribution < -0.4 is 9.47 Å². The second-order valence-corrected chi connectivity index (χ2v) is 43.7. The topological polar surface area (TPSA) is 52.6 Å². The van der Waals surface area contributed by atoms with Gasteiger partial charge in [-0.25, -0.2) is 14.0 Å². The lowest BCUT2D eigenvalue weighted by atomic mass is 9.68. The van der Waals surface area contributed by atoms with Crippen molar-refractivity contribution < 1.29 is 23.5 Å². The number of carbonyl (C=O) groups is 2. The SMILES string of the molecule is C=C(C)C(=O)Oc1ccc(-c2ccc(OC(=O)C(=C)C)c(F)c2)cc1.CCCC1CCC(C2CCC(CC)CC2)CC1.CCCC1CCC(C2CCC(CCC)CC2)CC1.CCCC1CCC(C2CCC(c3ccc(C)cc3)CC2)CC1.CCCCC1CCC(C2CCC(CCC)CC2)CC1.CCCc1ccc(C2CCC(C3CCC(CCC)CC3)CC2)cc1. The number of rotatable bonds is 30. The van der Waals surface area contributed by atoms with Crippen LogP contribution in [0.1, 0.15) is 476 Å². The second-order valence-electron chi connectivity index (χ2n) is 43.7. The van der Waals surface area contributed by atoms with Crippen molar-refractivity contribution in [3.8, 4) is 22.6 Å². The van der Waals surface area contributed by atoms with Crippen molar-refractivity contribution in [1.29, 1.82) is 0 Å². The Labute approximate surface area is 770 Å². The molecule has 4 nitrogen and oxygen atoms in total. The molecule has 125 heavy (non-hydrogen) atoms. The van der Waals surface area contributed by atoms with Crippen molar-refractivity contribution in [2.75, 3.05) is 0 Å². The van der Waals surface area contributed by atoms with E-state index in [1.54, 1.807) is 190 Å². The third-order valence-electron chi connectivity index (χ3n) is 34.5. The van der Waals surface area contributed by atoms with Crippen LogP contribution >= 0.6 is 0 Å². The fourth-order valence-corrected chi connectivity index (χ4v) is 26.4. The van der Waals surface area contributed by atoms with Gasteiger partial charge in [-0.2, -0.15) is 0 Å². The van der Waals surface area contributed by atoms with Gasteiger partial charge >= 0.3 is 11.9 Å². The first-order chi connectivity index (χ1) is 60.8. The summed E-state index contributed by atoms with van der Waals surface area (Å²) < 4.78 is 24.1. The van der Waals surface area contributed by atoms with Crippen LogP contribution in [0.5, 0.6) is 11.5 Å². The first-order valence-electron chi connectivity index (χ1n) is 54.6. The lowest BCUT2D eigenvalue weighted by Crippen LogP contribution is -2.25. The van der Waals surface area contributed by atoms with Crippen molar-refractivity contribution in [2.24, 2.45) is 107 Å². The van der Waals surface area contributed by atoms with E-state index in [1.165, 1.54) is 261 Å². The molecule has 10 aliphatic carbocycles. The number of halogens is 1. The highest BCUT2D eigenvalue weighted by Crippen LogP contribution is 2.50. The average molecular weight is 1720 g/mol. The summed E-state index contributed by atoms with van der Waals surface area (Å²) in [5.74, 6) is 19.5. The summed E-state index contributed by atoms with van der Waals surface area (Å²) in [6, 6.07) is 29.8. The number of benzene rings is 4. The number of hydrogen-bond acceptors (Lipinski definition) is 4. The zero-order valence-electron chi connectivity index (χ0n) is 83.1. The summed E-state index contributed by atoms with van der Waals surface area (Å²) in [5, 5.41) is 0. The average Bonchev–Trinajstić information content (AvgIpc) is 0.849. The summed E-state index contributed by atoms with van der Waals surface area (Å²) in [4.78, 5) is 22.9. The highest BCUT2D eigenvalue weighted by molar-refractivity contribution is 5.89. The predicted molar refractivity (Wildman–Crippen MR) is 537 cm³/mol. The molecular weight excluding hydrogens is 1520 g/mol.